The molecule has 1 aliphatic rings. The second-order valence-electron chi connectivity index (χ2n) is 4.67. The first kappa shape index (κ1) is 12.5. The van der Waals surface area contributed by atoms with Crippen LogP contribution in [0.3, 0.4) is 0 Å². The Morgan fingerprint density at radius 1 is 1.40 bits per heavy atom. The third-order valence-electron chi connectivity index (χ3n) is 3.41. The van der Waals surface area contributed by atoms with Crippen molar-refractivity contribution in [3.05, 3.63) is 24.3 Å². The molecule has 0 bridgehead atoms. The molecule has 0 amide bonds. The van der Waals surface area contributed by atoms with Crippen molar-refractivity contribution >= 4 is 0 Å². The van der Waals surface area contributed by atoms with E-state index < -0.39 is 0 Å². The quantitative estimate of drug-likeness (QED) is 0.700. The lowest BCUT2D eigenvalue weighted by Gasteiger charge is -2.24. The van der Waals surface area contributed by atoms with Crippen molar-refractivity contribution < 1.29 is 0 Å². The number of hydrogen-bond acceptors (Lipinski definition) is 1. The normalized spacial score (nSPS) is 30.4. The Labute approximate surface area is 94.4 Å². The zero-order chi connectivity index (χ0) is 11.1. The lowest BCUT2D eigenvalue weighted by Crippen LogP contribution is -2.31. The summed E-state index contributed by atoms with van der Waals surface area (Å²) in [5, 5.41) is 0. The molecule has 2 atom stereocenters. The molecule has 1 heteroatoms. The van der Waals surface area contributed by atoms with E-state index in [1.807, 2.05) is 0 Å². The van der Waals surface area contributed by atoms with Crippen LogP contribution in [0.5, 0.6) is 0 Å². The first-order valence-electron chi connectivity index (χ1n) is 6.34. The molecule has 0 fully saturated rings. The molecule has 1 aliphatic carbocycles. The Hall–Kier alpha value is -0.560. The summed E-state index contributed by atoms with van der Waals surface area (Å²) in [4.78, 5) is 0. The zero-order valence-electron chi connectivity index (χ0n) is 10.0. The lowest BCUT2D eigenvalue weighted by atomic mass is 9.86. The van der Waals surface area contributed by atoms with E-state index in [0.717, 1.165) is 12.8 Å². The fourth-order valence-electron chi connectivity index (χ4n) is 2.28. The monoisotopic (exact) mass is 207 g/mol. The average Bonchev–Trinajstić information content (AvgIpc) is 2.31. The molecule has 0 aliphatic heterocycles. The minimum atomic E-state index is 0.233. The van der Waals surface area contributed by atoms with E-state index in [-0.39, 0.29) is 6.04 Å². The van der Waals surface area contributed by atoms with Gasteiger partial charge in [-0.25, -0.2) is 0 Å². The van der Waals surface area contributed by atoms with Crippen molar-refractivity contribution in [1.29, 1.82) is 0 Å². The molecule has 15 heavy (non-hydrogen) atoms. The molecule has 0 spiro atoms. The van der Waals surface area contributed by atoms with Gasteiger partial charge in [0, 0.05) is 6.04 Å². The summed E-state index contributed by atoms with van der Waals surface area (Å²) >= 11 is 0. The SMILES string of the molecule is C=C1CC/C=C\CC[C@@H](CCCC)C1N. The predicted octanol–water partition coefficient (Wildman–Crippen LogP) is 3.81. The maximum absolute atomic E-state index is 6.27. The first-order valence-corrected chi connectivity index (χ1v) is 6.34. The Morgan fingerprint density at radius 3 is 2.87 bits per heavy atom. The molecule has 1 nitrogen and oxygen atoms in total. The van der Waals surface area contributed by atoms with Gasteiger partial charge in [-0.3, -0.25) is 0 Å². The van der Waals surface area contributed by atoms with Crippen LogP contribution in [0.4, 0.5) is 0 Å². The van der Waals surface area contributed by atoms with E-state index in [0.29, 0.717) is 5.92 Å². The zero-order valence-corrected chi connectivity index (χ0v) is 10.0. The van der Waals surface area contributed by atoms with Gasteiger partial charge in [-0.05, 0) is 38.0 Å². The molecule has 86 valence electrons. The van der Waals surface area contributed by atoms with Gasteiger partial charge in [0.1, 0.15) is 0 Å². The van der Waals surface area contributed by atoms with Crippen LogP contribution in [0, 0.1) is 5.92 Å². The molecule has 0 saturated heterocycles. The van der Waals surface area contributed by atoms with Gasteiger partial charge in [-0.15, -0.1) is 0 Å². The second kappa shape index (κ2) is 6.84. The summed E-state index contributed by atoms with van der Waals surface area (Å²) < 4.78 is 0. The average molecular weight is 207 g/mol. The fourth-order valence-corrected chi connectivity index (χ4v) is 2.28. The minimum absolute atomic E-state index is 0.233. The van der Waals surface area contributed by atoms with Crippen LogP contribution in [0.25, 0.3) is 0 Å². The van der Waals surface area contributed by atoms with Crippen LogP contribution in [0.15, 0.2) is 24.3 Å². The lowest BCUT2D eigenvalue weighted by molar-refractivity contribution is 0.387. The van der Waals surface area contributed by atoms with Crippen molar-refractivity contribution in [1.82, 2.24) is 0 Å². The highest BCUT2D eigenvalue weighted by atomic mass is 14.7. The van der Waals surface area contributed by atoms with Crippen molar-refractivity contribution in [2.45, 2.75) is 57.9 Å². The predicted molar refractivity (Wildman–Crippen MR) is 67.7 cm³/mol. The van der Waals surface area contributed by atoms with Gasteiger partial charge in [0.15, 0.2) is 0 Å². The standard InChI is InChI=1S/C14H25N/c1-3-4-10-13-11-8-6-5-7-9-12(2)14(13)15/h5-6,13-14H,2-4,7-11,15H2,1H3/b6-5-/t13-,14?/m1/s1. The molecular weight excluding hydrogens is 182 g/mol. The van der Waals surface area contributed by atoms with Gasteiger partial charge in [-0.1, -0.05) is 44.1 Å². The molecular formula is C14H25N. The first-order chi connectivity index (χ1) is 7.25. The van der Waals surface area contributed by atoms with Gasteiger partial charge in [0.2, 0.25) is 0 Å². The molecule has 1 rings (SSSR count). The summed E-state index contributed by atoms with van der Waals surface area (Å²) in [5.41, 5.74) is 7.53. The molecule has 0 heterocycles. The van der Waals surface area contributed by atoms with Crippen LogP contribution in [0.1, 0.15) is 51.9 Å². The van der Waals surface area contributed by atoms with Gasteiger partial charge in [-0.2, -0.15) is 0 Å². The van der Waals surface area contributed by atoms with Crippen molar-refractivity contribution in [2.75, 3.05) is 0 Å². The number of nitrogens with two attached hydrogens (primary N) is 1. The summed E-state index contributed by atoms with van der Waals surface area (Å²) in [6.45, 7) is 6.38. The molecule has 0 saturated carbocycles. The van der Waals surface area contributed by atoms with Gasteiger partial charge in [0.25, 0.3) is 0 Å². The molecule has 0 aromatic heterocycles. The van der Waals surface area contributed by atoms with E-state index in [1.54, 1.807) is 0 Å². The Kier molecular flexibility index (Phi) is 5.70. The topological polar surface area (TPSA) is 26.0 Å². The third kappa shape index (κ3) is 4.21. The second-order valence-corrected chi connectivity index (χ2v) is 4.67. The van der Waals surface area contributed by atoms with Crippen molar-refractivity contribution in [3.8, 4) is 0 Å². The molecule has 0 aromatic carbocycles. The Bertz CT molecular complexity index is 217. The summed E-state index contributed by atoms with van der Waals surface area (Å²) in [6.07, 6.45) is 13.0. The molecule has 0 aromatic rings. The molecule has 1 unspecified atom stereocenters. The highest BCUT2D eigenvalue weighted by molar-refractivity contribution is 5.09. The summed E-state index contributed by atoms with van der Waals surface area (Å²) in [5.74, 6) is 0.653. The van der Waals surface area contributed by atoms with Crippen LogP contribution in [0.2, 0.25) is 0 Å². The van der Waals surface area contributed by atoms with E-state index in [1.165, 1.54) is 37.7 Å². The van der Waals surface area contributed by atoms with Crippen LogP contribution >= 0.6 is 0 Å². The minimum Gasteiger partial charge on any atom is -0.324 e. The molecule has 2 N–H and O–H groups in total. The maximum Gasteiger partial charge on any atom is 0.0279 e. The highest BCUT2D eigenvalue weighted by Gasteiger charge is 2.19. The van der Waals surface area contributed by atoms with E-state index in [4.69, 9.17) is 5.73 Å². The van der Waals surface area contributed by atoms with Gasteiger partial charge < -0.3 is 5.73 Å². The maximum atomic E-state index is 6.27. The van der Waals surface area contributed by atoms with Crippen LogP contribution < -0.4 is 5.73 Å². The number of rotatable bonds is 3. The van der Waals surface area contributed by atoms with E-state index in [9.17, 15) is 0 Å². The third-order valence-corrected chi connectivity index (χ3v) is 3.41. The Morgan fingerprint density at radius 2 is 2.13 bits per heavy atom. The summed E-state index contributed by atoms with van der Waals surface area (Å²) in [6, 6.07) is 0.233. The van der Waals surface area contributed by atoms with Crippen LogP contribution in [-0.2, 0) is 0 Å². The van der Waals surface area contributed by atoms with Crippen LogP contribution in [-0.4, -0.2) is 6.04 Å². The van der Waals surface area contributed by atoms with Gasteiger partial charge in [0.05, 0.1) is 0 Å². The molecule has 0 radical (unpaired) electrons. The van der Waals surface area contributed by atoms with Gasteiger partial charge >= 0.3 is 0 Å². The fraction of sp³-hybridized carbons (Fsp3) is 0.714. The van der Waals surface area contributed by atoms with E-state index >= 15 is 0 Å². The number of allylic oxidation sites excluding steroid dienone is 2. The number of hydrogen-bond donors (Lipinski definition) is 1. The van der Waals surface area contributed by atoms with Crippen molar-refractivity contribution in [3.63, 3.8) is 0 Å². The van der Waals surface area contributed by atoms with Crippen molar-refractivity contribution in [2.24, 2.45) is 11.7 Å². The summed E-state index contributed by atoms with van der Waals surface area (Å²) in [7, 11) is 0. The Balaban J connectivity index is 2.55. The smallest absolute Gasteiger partial charge is 0.0279 e. The highest BCUT2D eigenvalue weighted by Crippen LogP contribution is 2.25. The largest absolute Gasteiger partial charge is 0.324 e. The number of unbranched alkanes of at least 4 members (excludes halogenated alkanes) is 1. The van der Waals surface area contributed by atoms with E-state index in [2.05, 4.69) is 25.7 Å².